The number of hydrogen-bond acceptors (Lipinski definition) is 1. The van der Waals surface area contributed by atoms with Gasteiger partial charge < -0.3 is 4.74 Å². The summed E-state index contributed by atoms with van der Waals surface area (Å²) in [4.78, 5) is 0. The Kier molecular flexibility index (Phi) is 14.1. The van der Waals surface area contributed by atoms with Crippen molar-refractivity contribution < 1.29 is 45.1 Å². The van der Waals surface area contributed by atoms with Gasteiger partial charge in [0, 0.05) is 53.6 Å². The third-order valence-electron chi connectivity index (χ3n) is 5.80. The van der Waals surface area contributed by atoms with Crippen LogP contribution in [0.5, 0.6) is 0 Å². The van der Waals surface area contributed by atoms with Crippen molar-refractivity contribution in [3.63, 3.8) is 0 Å². The van der Waals surface area contributed by atoms with Crippen molar-refractivity contribution in [2.45, 2.75) is 95.9 Å². The van der Waals surface area contributed by atoms with Gasteiger partial charge >= 0.3 is 0 Å². The van der Waals surface area contributed by atoms with Gasteiger partial charge in [0.15, 0.2) is 0 Å². The molecule has 0 aromatic carbocycles. The summed E-state index contributed by atoms with van der Waals surface area (Å²) in [7, 11) is 0. The molecule has 2 saturated carbocycles. The van der Waals surface area contributed by atoms with Crippen molar-refractivity contribution in [1.82, 2.24) is 0 Å². The molecule has 2 heteroatoms. The Morgan fingerprint density at radius 2 is 0.688 bits per heavy atom. The van der Waals surface area contributed by atoms with E-state index in [9.17, 15) is 0 Å². The number of ether oxygens (including phenoxy) is 1. The fourth-order valence-electron chi connectivity index (χ4n) is 3.26. The Morgan fingerprint density at radius 1 is 0.469 bits per heavy atom. The molecule has 0 unspecified atom stereocenters. The maximum atomic E-state index is 4.94. The Morgan fingerprint density at radius 3 is 0.781 bits per heavy atom. The molecule has 0 aromatic rings. The molecule has 10 radical (unpaired) electrons. The molecule has 1 nitrogen and oxygen atoms in total. The van der Waals surface area contributed by atoms with Gasteiger partial charge in [-0.25, -0.2) is 0 Å². The van der Waals surface area contributed by atoms with Crippen LogP contribution >= 0.6 is 0 Å². The second-order valence-corrected chi connectivity index (χ2v) is 13.1. The fourth-order valence-corrected chi connectivity index (χ4v) is 3.26. The van der Waals surface area contributed by atoms with Gasteiger partial charge in [-0.05, 0) is 96.7 Å². The van der Waals surface area contributed by atoms with Crippen LogP contribution < -0.4 is 0 Å². The van der Waals surface area contributed by atoms with E-state index >= 15 is 0 Å². The maximum Gasteiger partial charge on any atom is 0.0466 e. The molecule has 0 bridgehead atoms. The van der Waals surface area contributed by atoms with Crippen molar-refractivity contribution in [1.29, 1.82) is 0 Å². The molecule has 3 fully saturated rings. The zero-order valence-electron chi connectivity index (χ0n) is 23.1. The predicted molar refractivity (Wildman–Crippen MR) is 137 cm³/mol. The van der Waals surface area contributed by atoms with E-state index in [1.165, 1.54) is 36.5 Å². The molecule has 1 saturated heterocycles. The predicted octanol–water partition coefficient (Wildman–Crippen LogP) is 8.50. The van der Waals surface area contributed by atoms with E-state index in [0.717, 1.165) is 13.2 Å². The molecule has 182 valence electrons. The molecule has 2 aliphatic carbocycles. The Labute approximate surface area is 236 Å². The first-order valence-corrected chi connectivity index (χ1v) is 12.1. The standard InChI is InChI=1S/2C13H21.C4H8O.Sm/c2*1-12(2,3)10-7-8-11(9-10)13(4,5)6;1-2-4-5-3-1;/h2*7-9H,1-6H3;1-4H2;. The van der Waals surface area contributed by atoms with Crippen LogP contribution in [0.4, 0.5) is 0 Å². The minimum atomic E-state index is 0. The summed E-state index contributed by atoms with van der Waals surface area (Å²) in [5.41, 5.74) is 1.12. The summed E-state index contributed by atoms with van der Waals surface area (Å²) in [6.07, 6.45) is 16.2. The molecule has 3 rings (SSSR count). The summed E-state index contributed by atoms with van der Waals surface area (Å²) in [5, 5.41) is 0. The maximum absolute atomic E-state index is 4.94. The van der Waals surface area contributed by atoms with Crippen molar-refractivity contribution in [2.24, 2.45) is 21.7 Å². The van der Waals surface area contributed by atoms with Gasteiger partial charge in [-0.3, -0.25) is 0 Å². The van der Waals surface area contributed by atoms with Gasteiger partial charge in [-0.1, -0.05) is 83.1 Å². The van der Waals surface area contributed by atoms with Crippen LogP contribution in [0.3, 0.4) is 0 Å². The molecule has 0 spiro atoms. The quantitative estimate of drug-likeness (QED) is 0.281. The molecule has 0 atom stereocenters. The van der Waals surface area contributed by atoms with Crippen LogP contribution in [0, 0.1) is 124 Å². The minimum Gasteiger partial charge on any atom is -0.381 e. The molecule has 0 N–H and O–H groups in total. The average molecular weight is 577 g/mol. The fraction of sp³-hybridized carbons (Fsp3) is 0.667. The monoisotopic (exact) mass is 578 g/mol. The average Bonchev–Trinajstić information content (AvgIpc) is 3.33. The molecule has 32 heavy (non-hydrogen) atoms. The van der Waals surface area contributed by atoms with Gasteiger partial charge in [-0.2, -0.15) is 0 Å². The van der Waals surface area contributed by atoms with Gasteiger partial charge in [0.05, 0.1) is 0 Å². The van der Waals surface area contributed by atoms with Crippen LogP contribution in [0.25, 0.3) is 0 Å². The zero-order chi connectivity index (χ0) is 24.1. The Hall–Kier alpha value is 1.30. The van der Waals surface area contributed by atoms with Crippen LogP contribution in [-0.4, -0.2) is 13.2 Å². The molecular formula is C30H50OSm. The van der Waals surface area contributed by atoms with Crippen LogP contribution in [0.2, 0.25) is 0 Å². The molecule has 1 heterocycles. The first-order chi connectivity index (χ1) is 13.9. The summed E-state index contributed by atoms with van der Waals surface area (Å²) in [6, 6.07) is 0. The number of hydrogen-bond donors (Lipinski definition) is 0. The zero-order valence-corrected chi connectivity index (χ0v) is 25.7. The van der Waals surface area contributed by atoms with Crippen molar-refractivity contribution in [3.05, 3.63) is 62.2 Å². The molecule has 0 aromatic heterocycles. The van der Waals surface area contributed by atoms with E-state index in [0.29, 0.717) is 0 Å². The molecule has 0 amide bonds. The summed E-state index contributed by atoms with van der Waals surface area (Å²) in [6.45, 7) is 29.1. The topological polar surface area (TPSA) is 9.23 Å². The van der Waals surface area contributed by atoms with Gasteiger partial charge in [-0.15, -0.1) is 0 Å². The normalized spacial score (nSPS) is 22.1. The van der Waals surface area contributed by atoms with Crippen LogP contribution in [-0.2, 0) is 4.74 Å². The van der Waals surface area contributed by atoms with Crippen LogP contribution in [0.15, 0.2) is 0 Å². The second-order valence-electron chi connectivity index (χ2n) is 13.1. The van der Waals surface area contributed by atoms with Crippen LogP contribution in [0.1, 0.15) is 95.9 Å². The van der Waals surface area contributed by atoms with Gasteiger partial charge in [0.1, 0.15) is 0 Å². The molecular weight excluding hydrogens is 527 g/mol. The second kappa shape index (κ2) is 13.6. The Balaban J connectivity index is 0.000000482. The van der Waals surface area contributed by atoms with E-state index in [-0.39, 0.29) is 62.0 Å². The van der Waals surface area contributed by atoms with Gasteiger partial charge in [0.25, 0.3) is 0 Å². The Bertz CT molecular complexity index is 403. The summed E-state index contributed by atoms with van der Waals surface area (Å²) >= 11 is 0. The first kappa shape index (κ1) is 33.3. The van der Waals surface area contributed by atoms with E-state index in [2.05, 4.69) is 122 Å². The molecule has 3 aliphatic rings. The third kappa shape index (κ3) is 12.3. The summed E-state index contributed by atoms with van der Waals surface area (Å²) < 4.78 is 4.94. The van der Waals surface area contributed by atoms with Crippen molar-refractivity contribution in [2.75, 3.05) is 13.2 Å². The largest absolute Gasteiger partial charge is 0.381 e. The van der Waals surface area contributed by atoms with Crippen molar-refractivity contribution in [3.8, 4) is 0 Å². The van der Waals surface area contributed by atoms with Crippen molar-refractivity contribution >= 4 is 0 Å². The SMILES string of the molecule is C1CCOC1.CC(C)(C)[C]1[CH][CH][C](C(C)(C)C)[CH]1.CC(C)(C)[C]1[CH][CH][C](C(C)(C)C)[CH]1.[Sm]. The summed E-state index contributed by atoms with van der Waals surface area (Å²) in [5.74, 6) is 5.77. The molecule has 1 aliphatic heterocycles. The van der Waals surface area contributed by atoms with E-state index in [4.69, 9.17) is 4.74 Å². The van der Waals surface area contributed by atoms with E-state index in [1.807, 2.05) is 0 Å². The van der Waals surface area contributed by atoms with E-state index < -0.39 is 0 Å². The number of rotatable bonds is 0. The van der Waals surface area contributed by atoms with Gasteiger partial charge in [0.2, 0.25) is 0 Å². The first-order valence-electron chi connectivity index (χ1n) is 12.1. The van der Waals surface area contributed by atoms with E-state index in [1.54, 1.807) is 0 Å². The smallest absolute Gasteiger partial charge is 0.0466 e. The minimum absolute atomic E-state index is 0. The third-order valence-corrected chi connectivity index (χ3v) is 5.80.